The average molecular weight is 252 g/mol. The van der Waals surface area contributed by atoms with Crippen molar-refractivity contribution in [3.63, 3.8) is 0 Å². The van der Waals surface area contributed by atoms with Crippen LogP contribution in [0.15, 0.2) is 16.7 Å². The molecule has 18 heavy (non-hydrogen) atoms. The highest BCUT2D eigenvalue weighted by molar-refractivity contribution is 5.12. The van der Waals surface area contributed by atoms with Crippen LogP contribution in [0.25, 0.3) is 0 Å². The summed E-state index contributed by atoms with van der Waals surface area (Å²) in [6.45, 7) is 10.7. The molecule has 0 spiro atoms. The second-order valence-electron chi connectivity index (χ2n) is 5.52. The van der Waals surface area contributed by atoms with Crippen molar-refractivity contribution >= 4 is 0 Å². The van der Waals surface area contributed by atoms with Crippen LogP contribution < -0.4 is 5.32 Å². The molecule has 0 unspecified atom stereocenters. The van der Waals surface area contributed by atoms with E-state index in [4.69, 9.17) is 4.42 Å². The number of hydrogen-bond acceptors (Lipinski definition) is 3. The van der Waals surface area contributed by atoms with E-state index in [-0.39, 0.29) is 0 Å². The first-order valence-corrected chi connectivity index (χ1v) is 7.07. The fourth-order valence-corrected chi connectivity index (χ4v) is 1.83. The summed E-state index contributed by atoms with van der Waals surface area (Å²) in [5, 5.41) is 3.38. The molecule has 0 fully saturated rings. The van der Waals surface area contributed by atoms with E-state index in [1.807, 2.05) is 6.26 Å². The van der Waals surface area contributed by atoms with Gasteiger partial charge in [0.1, 0.15) is 5.76 Å². The highest BCUT2D eigenvalue weighted by Gasteiger charge is 2.06. The monoisotopic (exact) mass is 252 g/mol. The van der Waals surface area contributed by atoms with Gasteiger partial charge in [-0.2, -0.15) is 0 Å². The van der Waals surface area contributed by atoms with Crippen molar-refractivity contribution in [2.75, 3.05) is 20.1 Å². The average Bonchev–Trinajstić information content (AvgIpc) is 2.74. The minimum Gasteiger partial charge on any atom is -0.468 e. The fourth-order valence-electron chi connectivity index (χ4n) is 1.83. The quantitative estimate of drug-likeness (QED) is 0.684. The molecule has 0 aliphatic rings. The molecule has 0 radical (unpaired) electrons. The van der Waals surface area contributed by atoms with Gasteiger partial charge in [0.2, 0.25) is 0 Å². The van der Waals surface area contributed by atoms with Crippen LogP contribution in [0.1, 0.15) is 44.9 Å². The summed E-state index contributed by atoms with van der Waals surface area (Å²) in [7, 11) is 2.15. The van der Waals surface area contributed by atoms with Crippen molar-refractivity contribution in [3.8, 4) is 0 Å². The molecule has 0 aromatic carbocycles. The van der Waals surface area contributed by atoms with Gasteiger partial charge in [0.15, 0.2) is 0 Å². The third-order valence-electron chi connectivity index (χ3n) is 2.98. The van der Waals surface area contributed by atoms with Gasteiger partial charge in [-0.25, -0.2) is 0 Å². The fraction of sp³-hybridized carbons (Fsp3) is 0.733. The Labute approximate surface area is 112 Å². The third-order valence-corrected chi connectivity index (χ3v) is 2.98. The van der Waals surface area contributed by atoms with E-state index in [0.29, 0.717) is 0 Å². The molecule has 0 aliphatic heterocycles. The topological polar surface area (TPSA) is 28.4 Å². The Morgan fingerprint density at radius 1 is 1.39 bits per heavy atom. The normalized spacial score (nSPS) is 11.7. The van der Waals surface area contributed by atoms with Gasteiger partial charge in [-0.3, -0.25) is 4.90 Å². The third kappa shape index (κ3) is 6.22. The molecule has 1 aromatic rings. The Kier molecular flexibility index (Phi) is 7.06. The number of hydrogen-bond donors (Lipinski definition) is 1. The molecule has 0 saturated carbocycles. The Morgan fingerprint density at radius 2 is 2.17 bits per heavy atom. The summed E-state index contributed by atoms with van der Waals surface area (Å²) in [5.74, 6) is 1.83. The Balaban J connectivity index is 2.29. The Hall–Kier alpha value is -0.800. The van der Waals surface area contributed by atoms with Crippen LogP contribution in [0, 0.1) is 5.92 Å². The van der Waals surface area contributed by atoms with Crippen LogP contribution in [-0.4, -0.2) is 25.0 Å². The van der Waals surface area contributed by atoms with Crippen LogP contribution in [0.2, 0.25) is 0 Å². The second-order valence-corrected chi connectivity index (χ2v) is 5.52. The molecule has 0 atom stereocenters. The molecule has 1 heterocycles. The van der Waals surface area contributed by atoms with Gasteiger partial charge in [0, 0.05) is 12.1 Å². The minimum absolute atomic E-state index is 0.762. The van der Waals surface area contributed by atoms with Crippen molar-refractivity contribution in [1.29, 1.82) is 0 Å². The van der Waals surface area contributed by atoms with Crippen molar-refractivity contribution in [1.82, 2.24) is 10.2 Å². The van der Waals surface area contributed by atoms with E-state index in [1.54, 1.807) is 0 Å². The van der Waals surface area contributed by atoms with E-state index in [0.717, 1.165) is 37.9 Å². The molecule has 104 valence electrons. The van der Waals surface area contributed by atoms with E-state index in [1.165, 1.54) is 18.4 Å². The zero-order valence-electron chi connectivity index (χ0n) is 12.3. The van der Waals surface area contributed by atoms with E-state index in [2.05, 4.69) is 44.1 Å². The Bertz CT molecular complexity index is 320. The molecule has 1 N–H and O–H groups in total. The van der Waals surface area contributed by atoms with Crippen molar-refractivity contribution in [2.45, 2.75) is 46.7 Å². The molecule has 3 nitrogen and oxygen atoms in total. The van der Waals surface area contributed by atoms with E-state index in [9.17, 15) is 0 Å². The zero-order valence-corrected chi connectivity index (χ0v) is 12.3. The standard InChI is InChI=1S/C15H28N2O/c1-5-7-16-10-14-9-15(18-12-14)11-17(4)8-6-13(2)3/h9,12-13,16H,5-8,10-11H2,1-4H3. The summed E-state index contributed by atoms with van der Waals surface area (Å²) in [6.07, 6.45) is 4.28. The van der Waals surface area contributed by atoms with Crippen molar-refractivity contribution in [2.24, 2.45) is 5.92 Å². The molecule has 0 aliphatic carbocycles. The zero-order chi connectivity index (χ0) is 13.4. The van der Waals surface area contributed by atoms with Crippen LogP contribution in [-0.2, 0) is 13.1 Å². The highest BCUT2D eigenvalue weighted by atomic mass is 16.3. The number of furan rings is 1. The molecule has 0 bridgehead atoms. The van der Waals surface area contributed by atoms with Crippen LogP contribution >= 0.6 is 0 Å². The summed E-state index contributed by atoms with van der Waals surface area (Å²) < 4.78 is 5.59. The second kappa shape index (κ2) is 8.33. The predicted molar refractivity (Wildman–Crippen MR) is 76.5 cm³/mol. The van der Waals surface area contributed by atoms with Crippen LogP contribution in [0.3, 0.4) is 0 Å². The Morgan fingerprint density at radius 3 is 2.83 bits per heavy atom. The number of nitrogens with one attached hydrogen (secondary N) is 1. The highest BCUT2D eigenvalue weighted by Crippen LogP contribution is 2.11. The number of rotatable bonds is 9. The van der Waals surface area contributed by atoms with Gasteiger partial charge in [-0.15, -0.1) is 0 Å². The van der Waals surface area contributed by atoms with Gasteiger partial charge in [0.25, 0.3) is 0 Å². The first-order chi connectivity index (χ1) is 8.61. The minimum atomic E-state index is 0.762. The van der Waals surface area contributed by atoms with Gasteiger partial charge in [-0.05, 0) is 45.0 Å². The van der Waals surface area contributed by atoms with Gasteiger partial charge in [-0.1, -0.05) is 20.8 Å². The predicted octanol–water partition coefficient (Wildman–Crippen LogP) is 3.26. The van der Waals surface area contributed by atoms with Crippen molar-refractivity contribution in [3.05, 3.63) is 23.7 Å². The first kappa shape index (κ1) is 15.3. The number of nitrogens with zero attached hydrogens (tertiary/aromatic N) is 1. The van der Waals surface area contributed by atoms with Crippen LogP contribution in [0.5, 0.6) is 0 Å². The molecule has 0 saturated heterocycles. The molecule has 3 heteroatoms. The molecular weight excluding hydrogens is 224 g/mol. The lowest BCUT2D eigenvalue weighted by molar-refractivity contribution is 0.278. The SMILES string of the molecule is CCCNCc1coc(CN(C)CCC(C)C)c1. The van der Waals surface area contributed by atoms with Crippen LogP contribution in [0.4, 0.5) is 0 Å². The maximum absolute atomic E-state index is 5.59. The lowest BCUT2D eigenvalue weighted by Crippen LogP contribution is -2.20. The van der Waals surface area contributed by atoms with Gasteiger partial charge < -0.3 is 9.73 Å². The lowest BCUT2D eigenvalue weighted by Gasteiger charge is -2.16. The summed E-state index contributed by atoms with van der Waals surface area (Å²) in [4.78, 5) is 2.32. The molecule has 1 aromatic heterocycles. The maximum Gasteiger partial charge on any atom is 0.118 e. The van der Waals surface area contributed by atoms with E-state index >= 15 is 0 Å². The summed E-state index contributed by atoms with van der Waals surface area (Å²) in [6, 6.07) is 2.16. The van der Waals surface area contributed by atoms with Gasteiger partial charge in [0.05, 0.1) is 12.8 Å². The van der Waals surface area contributed by atoms with Gasteiger partial charge >= 0.3 is 0 Å². The lowest BCUT2D eigenvalue weighted by atomic mass is 10.1. The molecule has 1 rings (SSSR count). The maximum atomic E-state index is 5.59. The smallest absolute Gasteiger partial charge is 0.118 e. The van der Waals surface area contributed by atoms with E-state index < -0.39 is 0 Å². The summed E-state index contributed by atoms with van der Waals surface area (Å²) >= 11 is 0. The molecule has 0 amide bonds. The van der Waals surface area contributed by atoms with Crippen molar-refractivity contribution < 1.29 is 4.42 Å². The molecular formula is C15H28N2O. The summed E-state index contributed by atoms with van der Waals surface area (Å²) in [5.41, 5.74) is 1.25. The largest absolute Gasteiger partial charge is 0.468 e. The first-order valence-electron chi connectivity index (χ1n) is 7.07.